The van der Waals surface area contributed by atoms with Gasteiger partial charge in [0.2, 0.25) is 0 Å². The van der Waals surface area contributed by atoms with Gasteiger partial charge in [0.25, 0.3) is 0 Å². The van der Waals surface area contributed by atoms with Gasteiger partial charge in [0.05, 0.1) is 12.7 Å². The Morgan fingerprint density at radius 1 is 0.833 bits per heavy atom. The summed E-state index contributed by atoms with van der Waals surface area (Å²) in [6.45, 7) is 0. The van der Waals surface area contributed by atoms with Crippen molar-refractivity contribution < 1.29 is 19.3 Å². The zero-order valence-electron chi connectivity index (χ0n) is 14.8. The molecule has 0 amide bonds. The molecule has 4 nitrogen and oxygen atoms in total. The molecule has 0 N–H and O–H groups in total. The molecule has 24 heavy (non-hydrogen) atoms. The first-order valence-corrected chi connectivity index (χ1v) is 9.31. The molecule has 134 valence electrons. The first-order chi connectivity index (χ1) is 11.8. The third-order valence-corrected chi connectivity index (χ3v) is 4.64. The van der Waals surface area contributed by atoms with Crippen LogP contribution in [0.4, 0.5) is 0 Å². The summed E-state index contributed by atoms with van der Waals surface area (Å²) in [5.74, 6) is 0.274. The van der Waals surface area contributed by atoms with Crippen molar-refractivity contribution in [3.63, 3.8) is 0 Å². The topological polar surface area (TPSA) is 44.8 Å². The van der Waals surface area contributed by atoms with Gasteiger partial charge in [0.1, 0.15) is 11.9 Å². The first kappa shape index (κ1) is 18.8. The molecule has 0 atom stereocenters. The van der Waals surface area contributed by atoms with E-state index in [2.05, 4.69) is 0 Å². The van der Waals surface area contributed by atoms with E-state index in [1.54, 1.807) is 31.4 Å². The van der Waals surface area contributed by atoms with Gasteiger partial charge in [-0.25, -0.2) is 4.79 Å². The van der Waals surface area contributed by atoms with E-state index in [1.807, 2.05) is 0 Å². The highest BCUT2D eigenvalue weighted by molar-refractivity contribution is 5.89. The van der Waals surface area contributed by atoms with Gasteiger partial charge in [-0.2, -0.15) is 4.89 Å². The zero-order valence-corrected chi connectivity index (χ0v) is 14.8. The Morgan fingerprint density at radius 2 is 1.33 bits per heavy atom. The van der Waals surface area contributed by atoms with Crippen LogP contribution >= 0.6 is 0 Å². The fourth-order valence-corrected chi connectivity index (χ4v) is 3.11. The van der Waals surface area contributed by atoms with Crippen LogP contribution in [0.5, 0.6) is 5.75 Å². The van der Waals surface area contributed by atoms with Crippen LogP contribution in [-0.2, 0) is 9.78 Å². The van der Waals surface area contributed by atoms with Gasteiger partial charge < -0.3 is 4.74 Å². The summed E-state index contributed by atoms with van der Waals surface area (Å²) < 4.78 is 5.09. The number of carbonyl (C=O) groups excluding carboxylic acids is 1. The molecule has 1 aliphatic rings. The van der Waals surface area contributed by atoms with Gasteiger partial charge in [0, 0.05) is 0 Å². The van der Waals surface area contributed by atoms with E-state index in [-0.39, 0.29) is 6.10 Å². The van der Waals surface area contributed by atoms with Crippen molar-refractivity contribution in [1.29, 1.82) is 0 Å². The normalized spacial score (nSPS) is 18.2. The molecule has 0 radical (unpaired) electrons. The Balaban J connectivity index is 1.78. The summed E-state index contributed by atoms with van der Waals surface area (Å²) in [5.41, 5.74) is 0.476. The molecule has 0 unspecified atom stereocenters. The summed E-state index contributed by atoms with van der Waals surface area (Å²) in [7, 11) is 1.60. The van der Waals surface area contributed by atoms with Crippen molar-refractivity contribution in [2.75, 3.05) is 7.11 Å². The Kier molecular flexibility index (Phi) is 8.67. The largest absolute Gasteiger partial charge is 0.497 e. The number of benzene rings is 1. The highest BCUT2D eigenvalue weighted by Crippen LogP contribution is 2.20. The second-order valence-corrected chi connectivity index (χ2v) is 6.58. The number of hydrogen-bond acceptors (Lipinski definition) is 4. The minimum absolute atomic E-state index is 0.0200. The van der Waals surface area contributed by atoms with Crippen molar-refractivity contribution in [2.24, 2.45) is 0 Å². The Bertz CT molecular complexity index is 457. The number of carbonyl (C=O) groups is 1. The van der Waals surface area contributed by atoms with Crippen molar-refractivity contribution in [3.05, 3.63) is 29.8 Å². The van der Waals surface area contributed by atoms with Crippen molar-refractivity contribution in [2.45, 2.75) is 76.7 Å². The summed E-state index contributed by atoms with van der Waals surface area (Å²) >= 11 is 0. The maximum absolute atomic E-state index is 12.1. The van der Waals surface area contributed by atoms with Crippen LogP contribution in [0.25, 0.3) is 0 Å². The summed E-state index contributed by atoms with van der Waals surface area (Å²) in [5, 5.41) is 0. The highest BCUT2D eigenvalue weighted by atomic mass is 17.2. The molecule has 0 aliphatic heterocycles. The molecule has 0 saturated heterocycles. The zero-order chi connectivity index (χ0) is 17.0. The SMILES string of the molecule is COc1ccc(C(=O)OOC2CCCCCCCCCCC2)cc1. The van der Waals surface area contributed by atoms with Crippen LogP contribution in [0.2, 0.25) is 0 Å². The first-order valence-electron chi connectivity index (χ1n) is 9.31. The number of methoxy groups -OCH3 is 1. The molecule has 0 bridgehead atoms. The number of ether oxygens (including phenoxy) is 1. The fourth-order valence-electron chi connectivity index (χ4n) is 3.11. The molecule has 4 heteroatoms. The van der Waals surface area contributed by atoms with Crippen LogP contribution in [-0.4, -0.2) is 19.2 Å². The molecular formula is C20H30O4. The predicted molar refractivity (Wildman–Crippen MR) is 94.1 cm³/mol. The molecule has 0 heterocycles. The monoisotopic (exact) mass is 334 g/mol. The second-order valence-electron chi connectivity index (χ2n) is 6.58. The van der Waals surface area contributed by atoms with E-state index in [1.165, 1.54) is 44.9 Å². The van der Waals surface area contributed by atoms with Gasteiger partial charge in [-0.15, -0.1) is 0 Å². The maximum Gasteiger partial charge on any atom is 0.373 e. The molecule has 1 aromatic carbocycles. The molecule has 0 aromatic heterocycles. The van der Waals surface area contributed by atoms with E-state index in [0.717, 1.165) is 25.7 Å². The fraction of sp³-hybridized carbons (Fsp3) is 0.650. The minimum atomic E-state index is -0.441. The highest BCUT2D eigenvalue weighted by Gasteiger charge is 2.15. The van der Waals surface area contributed by atoms with Gasteiger partial charge >= 0.3 is 5.97 Å². The van der Waals surface area contributed by atoms with E-state index in [9.17, 15) is 4.79 Å². The van der Waals surface area contributed by atoms with E-state index >= 15 is 0 Å². The van der Waals surface area contributed by atoms with Gasteiger partial charge in [0.15, 0.2) is 0 Å². The van der Waals surface area contributed by atoms with E-state index < -0.39 is 5.97 Å². The van der Waals surface area contributed by atoms with Gasteiger partial charge in [-0.3, -0.25) is 4.89 Å². The van der Waals surface area contributed by atoms with Gasteiger partial charge in [-0.1, -0.05) is 57.8 Å². The van der Waals surface area contributed by atoms with E-state index in [0.29, 0.717) is 11.3 Å². The van der Waals surface area contributed by atoms with Gasteiger partial charge in [-0.05, 0) is 37.1 Å². The van der Waals surface area contributed by atoms with Crippen molar-refractivity contribution in [3.8, 4) is 5.75 Å². The van der Waals surface area contributed by atoms with Crippen molar-refractivity contribution in [1.82, 2.24) is 0 Å². The molecule has 1 aliphatic carbocycles. The lowest BCUT2D eigenvalue weighted by molar-refractivity contribution is -0.277. The third-order valence-electron chi connectivity index (χ3n) is 4.64. The lowest BCUT2D eigenvalue weighted by Gasteiger charge is -2.17. The van der Waals surface area contributed by atoms with Crippen LogP contribution in [0, 0.1) is 0 Å². The number of rotatable bonds is 4. The standard InChI is InChI=1S/C20H30O4/c1-22-18-15-13-17(14-16-18)20(21)24-23-19-11-9-7-5-3-2-4-6-8-10-12-19/h13-16,19H,2-12H2,1H3. The molecular weight excluding hydrogens is 304 g/mol. The molecule has 1 saturated carbocycles. The maximum atomic E-state index is 12.1. The lowest BCUT2D eigenvalue weighted by atomic mass is 9.99. The molecule has 1 aromatic rings. The van der Waals surface area contributed by atoms with E-state index in [4.69, 9.17) is 14.5 Å². The molecule has 0 spiro atoms. The molecule has 2 rings (SSSR count). The predicted octanol–water partition coefficient (Wildman–Crippen LogP) is 5.46. The van der Waals surface area contributed by atoms with Crippen LogP contribution < -0.4 is 4.74 Å². The average molecular weight is 334 g/mol. The quantitative estimate of drug-likeness (QED) is 0.542. The van der Waals surface area contributed by atoms with Crippen LogP contribution in [0.15, 0.2) is 24.3 Å². The molecule has 1 fully saturated rings. The smallest absolute Gasteiger partial charge is 0.373 e. The third kappa shape index (κ3) is 6.91. The second kappa shape index (κ2) is 11.1. The lowest BCUT2D eigenvalue weighted by Crippen LogP contribution is -2.17. The minimum Gasteiger partial charge on any atom is -0.497 e. The Labute approximate surface area is 145 Å². The number of hydrogen-bond donors (Lipinski definition) is 0. The van der Waals surface area contributed by atoms with Crippen molar-refractivity contribution >= 4 is 5.97 Å². The average Bonchev–Trinajstić information content (AvgIpc) is 2.61. The summed E-state index contributed by atoms with van der Waals surface area (Å²) in [6.07, 6.45) is 13.4. The Morgan fingerprint density at radius 3 is 1.83 bits per heavy atom. The summed E-state index contributed by atoms with van der Waals surface area (Å²) in [6, 6.07) is 6.86. The summed E-state index contributed by atoms with van der Waals surface area (Å²) in [4.78, 5) is 22.6. The Hall–Kier alpha value is -1.55. The van der Waals surface area contributed by atoms with Crippen LogP contribution in [0.3, 0.4) is 0 Å². The van der Waals surface area contributed by atoms with Crippen LogP contribution in [0.1, 0.15) is 81.0 Å².